The molecule has 10 heteroatoms. The summed E-state index contributed by atoms with van der Waals surface area (Å²) in [6, 6.07) is 18.2. The first-order valence-corrected chi connectivity index (χ1v) is 15.9. The fourth-order valence-electron chi connectivity index (χ4n) is 5.21. The van der Waals surface area contributed by atoms with Crippen LogP contribution in [0.15, 0.2) is 71.6 Å². The van der Waals surface area contributed by atoms with E-state index in [-0.39, 0.29) is 29.1 Å². The Balaban J connectivity index is 1.71. The Bertz CT molecular complexity index is 1520. The van der Waals surface area contributed by atoms with E-state index in [9.17, 15) is 18.0 Å². The number of benzene rings is 3. The minimum absolute atomic E-state index is 0.0596. The van der Waals surface area contributed by atoms with Crippen LogP contribution in [-0.4, -0.2) is 58.0 Å². The van der Waals surface area contributed by atoms with Crippen molar-refractivity contribution in [2.75, 3.05) is 25.1 Å². The summed E-state index contributed by atoms with van der Waals surface area (Å²) >= 11 is 0. The van der Waals surface area contributed by atoms with E-state index in [0.29, 0.717) is 11.4 Å². The van der Waals surface area contributed by atoms with Gasteiger partial charge in [-0.15, -0.1) is 0 Å². The van der Waals surface area contributed by atoms with Crippen LogP contribution in [0.3, 0.4) is 0 Å². The lowest BCUT2D eigenvalue weighted by Crippen LogP contribution is -2.52. The van der Waals surface area contributed by atoms with Crippen molar-refractivity contribution in [3.05, 3.63) is 83.4 Å². The van der Waals surface area contributed by atoms with E-state index in [1.165, 1.54) is 37.3 Å². The highest BCUT2D eigenvalue weighted by atomic mass is 32.2. The predicted octanol–water partition coefficient (Wildman–Crippen LogP) is 4.99. The van der Waals surface area contributed by atoms with Crippen LogP contribution in [0.2, 0.25) is 0 Å². The number of ether oxygens (including phenoxy) is 2. The number of anilines is 1. The zero-order valence-corrected chi connectivity index (χ0v) is 26.3. The molecule has 3 aromatic rings. The van der Waals surface area contributed by atoms with Gasteiger partial charge in [0.25, 0.3) is 10.0 Å². The normalized spacial score (nSPS) is 14.2. The summed E-state index contributed by atoms with van der Waals surface area (Å²) in [6.07, 6.45) is 3.94. The second-order valence-corrected chi connectivity index (χ2v) is 12.9. The highest BCUT2D eigenvalue weighted by molar-refractivity contribution is 7.92. The quantitative estimate of drug-likeness (QED) is 0.311. The number of amides is 2. The lowest BCUT2D eigenvalue weighted by Gasteiger charge is -2.32. The van der Waals surface area contributed by atoms with E-state index in [1.54, 1.807) is 31.2 Å². The molecule has 1 saturated carbocycles. The smallest absolute Gasteiger partial charge is 0.264 e. The Morgan fingerprint density at radius 1 is 0.884 bits per heavy atom. The highest BCUT2D eigenvalue weighted by Crippen LogP contribution is 2.32. The van der Waals surface area contributed by atoms with E-state index < -0.39 is 28.5 Å². The maximum Gasteiger partial charge on any atom is 0.264 e. The zero-order valence-electron chi connectivity index (χ0n) is 25.5. The number of methoxy groups -OCH3 is 2. The maximum atomic E-state index is 14.2. The van der Waals surface area contributed by atoms with Crippen molar-refractivity contribution in [2.45, 2.75) is 70.0 Å². The summed E-state index contributed by atoms with van der Waals surface area (Å²) in [7, 11) is -1.35. The van der Waals surface area contributed by atoms with Crippen LogP contribution in [0, 0.1) is 13.8 Å². The molecule has 43 heavy (non-hydrogen) atoms. The van der Waals surface area contributed by atoms with Crippen molar-refractivity contribution >= 4 is 27.5 Å². The second kappa shape index (κ2) is 13.9. The first-order valence-electron chi connectivity index (χ1n) is 14.5. The van der Waals surface area contributed by atoms with Crippen molar-refractivity contribution in [3.8, 4) is 11.5 Å². The number of sulfonamides is 1. The fourth-order valence-corrected chi connectivity index (χ4v) is 6.64. The van der Waals surface area contributed by atoms with E-state index in [4.69, 9.17) is 9.47 Å². The molecule has 1 N–H and O–H groups in total. The molecule has 0 unspecified atom stereocenters. The lowest BCUT2D eigenvalue weighted by molar-refractivity contribution is -0.139. The van der Waals surface area contributed by atoms with Gasteiger partial charge in [0.2, 0.25) is 11.8 Å². The molecule has 1 aliphatic carbocycles. The molecular weight excluding hydrogens is 566 g/mol. The average Bonchev–Trinajstić information content (AvgIpc) is 3.52. The maximum absolute atomic E-state index is 14.2. The van der Waals surface area contributed by atoms with Crippen LogP contribution >= 0.6 is 0 Å². The van der Waals surface area contributed by atoms with Crippen molar-refractivity contribution < 1.29 is 27.5 Å². The molecule has 0 heterocycles. The van der Waals surface area contributed by atoms with Gasteiger partial charge in [0, 0.05) is 18.7 Å². The third-order valence-corrected chi connectivity index (χ3v) is 9.66. The number of rotatable bonds is 12. The number of hydrogen-bond acceptors (Lipinski definition) is 6. The lowest BCUT2D eigenvalue weighted by atomic mass is 10.1. The molecule has 4 rings (SSSR count). The van der Waals surface area contributed by atoms with Crippen LogP contribution in [0.4, 0.5) is 5.69 Å². The minimum Gasteiger partial charge on any atom is -0.493 e. The van der Waals surface area contributed by atoms with Crippen LogP contribution in [-0.2, 0) is 26.2 Å². The Morgan fingerprint density at radius 2 is 1.47 bits per heavy atom. The second-order valence-electron chi connectivity index (χ2n) is 11.0. The molecule has 0 bridgehead atoms. The van der Waals surface area contributed by atoms with Crippen molar-refractivity contribution in [1.29, 1.82) is 0 Å². The van der Waals surface area contributed by atoms with E-state index >= 15 is 0 Å². The first-order chi connectivity index (χ1) is 20.5. The van der Waals surface area contributed by atoms with E-state index in [0.717, 1.165) is 46.7 Å². The summed E-state index contributed by atoms with van der Waals surface area (Å²) in [4.78, 5) is 28.9. The van der Waals surface area contributed by atoms with Gasteiger partial charge < -0.3 is 19.7 Å². The Labute approximate surface area is 254 Å². The van der Waals surface area contributed by atoms with Gasteiger partial charge >= 0.3 is 0 Å². The minimum atomic E-state index is -4.25. The van der Waals surface area contributed by atoms with Gasteiger partial charge in [-0.25, -0.2) is 8.42 Å². The summed E-state index contributed by atoms with van der Waals surface area (Å²) in [6.45, 7) is 5.21. The summed E-state index contributed by atoms with van der Waals surface area (Å²) in [5.74, 6) is -0.126. The topological polar surface area (TPSA) is 105 Å². The molecule has 1 fully saturated rings. The number of aryl methyl sites for hydroxylation is 2. The first kappa shape index (κ1) is 31.9. The third kappa shape index (κ3) is 7.67. The Hall–Kier alpha value is -4.05. The molecule has 9 nitrogen and oxygen atoms in total. The molecular formula is C33H41N3O6S. The number of hydrogen-bond donors (Lipinski definition) is 1. The summed E-state index contributed by atoms with van der Waals surface area (Å²) in [5.41, 5.74) is 3.17. The van der Waals surface area contributed by atoms with Crippen molar-refractivity contribution in [1.82, 2.24) is 10.2 Å². The molecule has 1 aliphatic rings. The molecule has 2 amide bonds. The molecule has 0 radical (unpaired) electrons. The van der Waals surface area contributed by atoms with Gasteiger partial charge in [-0.2, -0.15) is 0 Å². The van der Waals surface area contributed by atoms with Crippen molar-refractivity contribution in [2.24, 2.45) is 0 Å². The molecule has 1 atom stereocenters. The third-order valence-electron chi connectivity index (χ3n) is 7.89. The fraction of sp³-hybridized carbons (Fsp3) is 0.394. The molecule has 0 aromatic heterocycles. The highest BCUT2D eigenvalue weighted by Gasteiger charge is 2.33. The van der Waals surface area contributed by atoms with Gasteiger partial charge in [-0.1, -0.05) is 60.4 Å². The standard InChI is InChI=1S/C33H41N3O6S/c1-23-10-14-26(15-11-23)21-35(25(3)33(38)34-27-8-6-7-9-27)32(37)22-36(28-16-12-24(2)13-17-28)43(39,40)29-18-19-30(41-4)31(20-29)42-5/h10-20,25,27H,6-9,21-22H2,1-5H3,(H,34,38)/t25-/m1/s1. The predicted molar refractivity (Wildman–Crippen MR) is 167 cm³/mol. The Kier molecular flexibility index (Phi) is 10.3. The van der Waals surface area contributed by atoms with E-state index in [2.05, 4.69) is 5.32 Å². The number of carbonyl (C=O) groups excluding carboxylic acids is 2. The largest absolute Gasteiger partial charge is 0.493 e. The van der Waals surface area contributed by atoms with Gasteiger partial charge in [0.1, 0.15) is 12.6 Å². The molecule has 3 aromatic carbocycles. The SMILES string of the molecule is COc1ccc(S(=O)(=O)N(CC(=O)N(Cc2ccc(C)cc2)[C@H](C)C(=O)NC2CCCC2)c2ccc(C)cc2)cc1OC. The van der Waals surface area contributed by atoms with Gasteiger partial charge in [-0.3, -0.25) is 13.9 Å². The van der Waals surface area contributed by atoms with Crippen LogP contribution < -0.4 is 19.1 Å². The number of nitrogens with one attached hydrogen (secondary N) is 1. The van der Waals surface area contributed by atoms with Crippen LogP contribution in [0.25, 0.3) is 0 Å². The zero-order chi connectivity index (χ0) is 31.1. The van der Waals surface area contributed by atoms with Crippen LogP contribution in [0.5, 0.6) is 11.5 Å². The molecule has 0 aliphatic heterocycles. The monoisotopic (exact) mass is 607 g/mol. The Morgan fingerprint density at radius 3 is 2.05 bits per heavy atom. The average molecular weight is 608 g/mol. The van der Waals surface area contributed by atoms with Crippen LogP contribution in [0.1, 0.15) is 49.3 Å². The van der Waals surface area contributed by atoms with E-state index in [1.807, 2.05) is 38.1 Å². The molecule has 230 valence electrons. The van der Waals surface area contributed by atoms with Gasteiger partial charge in [0.15, 0.2) is 11.5 Å². The summed E-state index contributed by atoms with van der Waals surface area (Å²) < 4.78 is 40.0. The summed E-state index contributed by atoms with van der Waals surface area (Å²) in [5, 5.41) is 3.09. The van der Waals surface area contributed by atoms with Crippen molar-refractivity contribution in [3.63, 3.8) is 0 Å². The van der Waals surface area contributed by atoms with Gasteiger partial charge in [-0.05, 0) is 63.4 Å². The van der Waals surface area contributed by atoms with Gasteiger partial charge in [0.05, 0.1) is 24.8 Å². The molecule has 0 spiro atoms. The number of nitrogens with zero attached hydrogens (tertiary/aromatic N) is 2. The number of carbonyl (C=O) groups is 2. The molecule has 0 saturated heterocycles.